The molecule has 2 N–H and O–H groups in total. The van der Waals surface area contributed by atoms with Crippen molar-refractivity contribution in [3.8, 4) is 0 Å². The van der Waals surface area contributed by atoms with Gasteiger partial charge in [-0.2, -0.15) is 0 Å². The maximum absolute atomic E-state index is 12.6. The summed E-state index contributed by atoms with van der Waals surface area (Å²) in [7, 11) is 0. The average molecular weight is 404 g/mol. The van der Waals surface area contributed by atoms with Crippen LogP contribution in [0.1, 0.15) is 45.7 Å². The maximum Gasteiger partial charge on any atom is 0.265 e. The largest absolute Gasteiger partial charge is 0.349 e. The van der Waals surface area contributed by atoms with Gasteiger partial charge in [0.05, 0.1) is 15.6 Å². The summed E-state index contributed by atoms with van der Waals surface area (Å²) in [4.78, 5) is 28.0. The number of likely N-dealkylation sites (tertiary alicyclic amines) is 1. The molecule has 1 aliphatic heterocycles. The summed E-state index contributed by atoms with van der Waals surface area (Å²) in [6.07, 6.45) is 4.61. The Morgan fingerprint density at radius 3 is 2.52 bits per heavy atom. The summed E-state index contributed by atoms with van der Waals surface area (Å²) in [6, 6.07) is 9.54. The minimum atomic E-state index is -0.225. The number of anilines is 1. The molecule has 4 rings (SSSR count). The summed E-state index contributed by atoms with van der Waals surface area (Å²) in [6.45, 7) is 2.11. The molecular formula is C20H22ClN3O2S. The van der Waals surface area contributed by atoms with E-state index < -0.39 is 0 Å². The molecule has 1 aromatic heterocycles. The van der Waals surface area contributed by atoms with Crippen LogP contribution < -0.4 is 10.6 Å². The van der Waals surface area contributed by atoms with Gasteiger partial charge in [-0.25, -0.2) is 0 Å². The van der Waals surface area contributed by atoms with E-state index in [2.05, 4.69) is 15.5 Å². The molecule has 27 heavy (non-hydrogen) atoms. The van der Waals surface area contributed by atoms with Gasteiger partial charge in [0, 0.05) is 30.7 Å². The second-order valence-corrected chi connectivity index (χ2v) is 8.50. The number of amides is 2. The summed E-state index contributed by atoms with van der Waals surface area (Å²) < 4.78 is 0. The fourth-order valence-electron chi connectivity index (χ4n) is 3.47. The van der Waals surface area contributed by atoms with Crippen LogP contribution in [-0.2, 0) is 0 Å². The van der Waals surface area contributed by atoms with Gasteiger partial charge in [-0.1, -0.05) is 17.7 Å². The molecular weight excluding hydrogens is 382 g/mol. The average Bonchev–Trinajstić information content (AvgIpc) is 3.37. The monoisotopic (exact) mass is 403 g/mol. The molecule has 1 saturated carbocycles. The van der Waals surface area contributed by atoms with Crippen molar-refractivity contribution in [1.29, 1.82) is 0 Å². The minimum absolute atomic E-state index is 0.122. The van der Waals surface area contributed by atoms with Gasteiger partial charge < -0.3 is 15.5 Å². The van der Waals surface area contributed by atoms with Crippen LogP contribution in [0.15, 0.2) is 35.7 Å². The smallest absolute Gasteiger partial charge is 0.265 e. The van der Waals surface area contributed by atoms with E-state index >= 15 is 0 Å². The second kappa shape index (κ2) is 8.00. The number of rotatable bonds is 5. The molecule has 2 fully saturated rings. The van der Waals surface area contributed by atoms with Gasteiger partial charge in [-0.3, -0.25) is 9.59 Å². The van der Waals surface area contributed by atoms with Crippen LogP contribution >= 0.6 is 22.9 Å². The highest BCUT2D eigenvalue weighted by atomic mass is 35.5. The molecule has 142 valence electrons. The first-order chi connectivity index (χ1) is 13.1. The van der Waals surface area contributed by atoms with Gasteiger partial charge in [0.15, 0.2) is 0 Å². The van der Waals surface area contributed by atoms with Gasteiger partial charge in [-0.15, -0.1) is 11.3 Å². The SMILES string of the molecule is O=C(NC1CCN(C2CC2)CC1)c1ccc(Cl)c(NC(=O)c2cccs2)c1. The van der Waals surface area contributed by atoms with E-state index in [0.717, 1.165) is 32.0 Å². The Morgan fingerprint density at radius 1 is 1.07 bits per heavy atom. The lowest BCUT2D eigenvalue weighted by atomic mass is 10.0. The molecule has 0 atom stereocenters. The Labute approximate surface area is 167 Å². The molecule has 1 aliphatic carbocycles. The molecule has 0 spiro atoms. The van der Waals surface area contributed by atoms with Crippen molar-refractivity contribution >= 4 is 40.4 Å². The van der Waals surface area contributed by atoms with E-state index in [9.17, 15) is 9.59 Å². The fraction of sp³-hybridized carbons (Fsp3) is 0.400. The lowest BCUT2D eigenvalue weighted by Crippen LogP contribution is -2.45. The van der Waals surface area contributed by atoms with E-state index in [0.29, 0.717) is 21.2 Å². The van der Waals surface area contributed by atoms with Gasteiger partial charge in [0.1, 0.15) is 0 Å². The molecule has 2 amide bonds. The first-order valence-corrected chi connectivity index (χ1v) is 10.6. The van der Waals surface area contributed by atoms with E-state index in [1.54, 1.807) is 24.3 Å². The van der Waals surface area contributed by atoms with Crippen molar-refractivity contribution < 1.29 is 9.59 Å². The van der Waals surface area contributed by atoms with Gasteiger partial charge in [-0.05, 0) is 55.3 Å². The topological polar surface area (TPSA) is 61.4 Å². The van der Waals surface area contributed by atoms with Crippen molar-refractivity contribution in [2.24, 2.45) is 0 Å². The molecule has 1 saturated heterocycles. The lowest BCUT2D eigenvalue weighted by molar-refractivity contribution is 0.0908. The molecule has 2 aliphatic rings. The van der Waals surface area contributed by atoms with Crippen LogP contribution in [-0.4, -0.2) is 41.9 Å². The number of hydrogen-bond donors (Lipinski definition) is 2. The Kier molecular flexibility index (Phi) is 5.48. The minimum Gasteiger partial charge on any atom is -0.349 e. The molecule has 0 bridgehead atoms. The zero-order valence-corrected chi connectivity index (χ0v) is 16.5. The van der Waals surface area contributed by atoms with Gasteiger partial charge >= 0.3 is 0 Å². The quantitative estimate of drug-likeness (QED) is 0.792. The Morgan fingerprint density at radius 2 is 1.85 bits per heavy atom. The van der Waals surface area contributed by atoms with E-state index in [1.165, 1.54) is 24.2 Å². The van der Waals surface area contributed by atoms with Crippen molar-refractivity contribution in [2.45, 2.75) is 37.8 Å². The molecule has 5 nitrogen and oxygen atoms in total. The molecule has 0 unspecified atom stereocenters. The van der Waals surface area contributed by atoms with Crippen LogP contribution in [0, 0.1) is 0 Å². The summed E-state index contributed by atoms with van der Waals surface area (Å²) >= 11 is 7.56. The number of thiophene rings is 1. The number of piperidine rings is 1. The van der Waals surface area contributed by atoms with E-state index in [-0.39, 0.29) is 17.9 Å². The Balaban J connectivity index is 1.38. The first-order valence-electron chi connectivity index (χ1n) is 9.29. The summed E-state index contributed by atoms with van der Waals surface area (Å²) in [5.74, 6) is -0.347. The highest BCUT2D eigenvalue weighted by Gasteiger charge is 2.32. The summed E-state index contributed by atoms with van der Waals surface area (Å²) in [5.41, 5.74) is 0.955. The lowest BCUT2D eigenvalue weighted by Gasteiger charge is -2.32. The Hall–Kier alpha value is -1.89. The van der Waals surface area contributed by atoms with Crippen molar-refractivity contribution in [1.82, 2.24) is 10.2 Å². The van der Waals surface area contributed by atoms with Gasteiger partial charge in [0.2, 0.25) is 0 Å². The number of hydrogen-bond acceptors (Lipinski definition) is 4. The van der Waals surface area contributed by atoms with E-state index in [4.69, 9.17) is 11.6 Å². The number of nitrogens with one attached hydrogen (secondary N) is 2. The number of carbonyl (C=O) groups excluding carboxylic acids is 2. The third kappa shape index (κ3) is 4.51. The van der Waals surface area contributed by atoms with E-state index in [1.807, 2.05) is 11.4 Å². The maximum atomic E-state index is 12.6. The second-order valence-electron chi connectivity index (χ2n) is 7.14. The number of nitrogens with zero attached hydrogens (tertiary/aromatic N) is 1. The highest BCUT2D eigenvalue weighted by Crippen LogP contribution is 2.29. The number of halogens is 1. The molecule has 2 heterocycles. The zero-order chi connectivity index (χ0) is 18.8. The van der Waals surface area contributed by atoms with Gasteiger partial charge in [0.25, 0.3) is 11.8 Å². The van der Waals surface area contributed by atoms with Crippen molar-refractivity contribution in [3.63, 3.8) is 0 Å². The normalized spacial score (nSPS) is 18.3. The zero-order valence-electron chi connectivity index (χ0n) is 14.9. The predicted molar refractivity (Wildman–Crippen MR) is 109 cm³/mol. The predicted octanol–water partition coefficient (Wildman–Crippen LogP) is 4.01. The van der Waals surface area contributed by atoms with Crippen LogP contribution in [0.5, 0.6) is 0 Å². The fourth-order valence-corrected chi connectivity index (χ4v) is 4.26. The standard InChI is InChI=1S/C20H22ClN3O2S/c21-16-6-3-13(12-17(16)23-20(26)18-2-1-11-27-18)19(25)22-14-7-9-24(10-8-14)15-4-5-15/h1-3,6,11-12,14-15H,4-5,7-10H2,(H,22,25)(H,23,26). The third-order valence-electron chi connectivity index (χ3n) is 5.15. The van der Waals surface area contributed by atoms with Crippen LogP contribution in [0.25, 0.3) is 0 Å². The molecule has 1 aromatic carbocycles. The number of carbonyl (C=O) groups is 2. The van der Waals surface area contributed by atoms with Crippen LogP contribution in [0.4, 0.5) is 5.69 Å². The Bertz CT molecular complexity index is 828. The highest BCUT2D eigenvalue weighted by molar-refractivity contribution is 7.12. The van der Waals surface area contributed by atoms with Crippen LogP contribution in [0.3, 0.4) is 0 Å². The molecule has 2 aromatic rings. The van der Waals surface area contributed by atoms with Crippen molar-refractivity contribution in [3.05, 3.63) is 51.2 Å². The number of benzene rings is 1. The summed E-state index contributed by atoms with van der Waals surface area (Å²) in [5, 5.41) is 8.17. The van der Waals surface area contributed by atoms with Crippen LogP contribution in [0.2, 0.25) is 5.02 Å². The molecule has 0 radical (unpaired) electrons. The van der Waals surface area contributed by atoms with Crippen molar-refractivity contribution in [2.75, 3.05) is 18.4 Å². The first kappa shape index (κ1) is 18.5. The molecule has 7 heteroatoms. The third-order valence-corrected chi connectivity index (χ3v) is 6.35.